The number of hydrazine groups is 1. The number of carbonyl (C=O) groups excluding carboxylic acids is 2. The molecule has 0 saturated carbocycles. The zero-order valence-electron chi connectivity index (χ0n) is 12.2. The van der Waals surface area contributed by atoms with Crippen LogP contribution in [0, 0.1) is 0 Å². The lowest BCUT2D eigenvalue weighted by Gasteiger charge is -2.35. The molecule has 6 nitrogen and oxygen atoms in total. The molecule has 3 amide bonds. The molecule has 0 bridgehead atoms. The van der Waals surface area contributed by atoms with Gasteiger partial charge in [0.05, 0.1) is 12.2 Å². The predicted octanol–water partition coefficient (Wildman–Crippen LogP) is 2.07. The van der Waals surface area contributed by atoms with Gasteiger partial charge in [-0.25, -0.2) is 15.1 Å². The number of rotatable bonds is 3. The third-order valence-electron chi connectivity index (χ3n) is 3.49. The van der Waals surface area contributed by atoms with Crippen LogP contribution in [-0.2, 0) is 17.9 Å². The predicted molar refractivity (Wildman–Crippen MR) is 81.6 cm³/mol. The van der Waals surface area contributed by atoms with Crippen LogP contribution in [0.25, 0.3) is 0 Å². The van der Waals surface area contributed by atoms with E-state index < -0.39 is 0 Å². The molecule has 0 aliphatic carbocycles. The number of hydrogen-bond acceptors (Lipinski definition) is 4. The molecule has 0 atom stereocenters. The number of pyridine rings is 1. The summed E-state index contributed by atoms with van der Waals surface area (Å²) in [7, 11) is 0. The molecular formula is C16H16N4O2. The van der Waals surface area contributed by atoms with E-state index in [2.05, 4.69) is 10.4 Å². The van der Waals surface area contributed by atoms with Crippen LogP contribution < -0.4 is 10.3 Å². The number of para-hydroxylation sites is 1. The number of nitrogens with zero attached hydrogens (tertiary/aromatic N) is 3. The molecule has 0 fully saturated rings. The topological polar surface area (TPSA) is 65.5 Å². The lowest BCUT2D eigenvalue weighted by Crippen LogP contribution is -2.54. The number of carbonyl (C=O) groups is 2. The normalized spacial score (nSPS) is 14.0. The Morgan fingerprint density at radius 2 is 2.09 bits per heavy atom. The Kier molecular flexibility index (Phi) is 3.84. The summed E-state index contributed by atoms with van der Waals surface area (Å²) in [6.07, 6.45) is 3.43. The molecule has 0 unspecified atom stereocenters. The number of hydrogen-bond donors (Lipinski definition) is 1. The first-order valence-corrected chi connectivity index (χ1v) is 6.99. The number of nitrogens with one attached hydrogen (secondary N) is 1. The summed E-state index contributed by atoms with van der Waals surface area (Å²) in [4.78, 5) is 29.6. The Balaban J connectivity index is 1.82. The van der Waals surface area contributed by atoms with Crippen LogP contribution in [0.15, 0.2) is 48.8 Å². The fourth-order valence-electron chi connectivity index (χ4n) is 2.44. The van der Waals surface area contributed by atoms with E-state index in [1.807, 2.05) is 30.3 Å². The van der Waals surface area contributed by atoms with Crippen LogP contribution in [0.1, 0.15) is 18.1 Å². The molecule has 3 rings (SSSR count). The number of anilines is 1. The number of urea groups is 1. The van der Waals surface area contributed by atoms with Crippen molar-refractivity contribution in [3.8, 4) is 0 Å². The number of benzene rings is 1. The lowest BCUT2D eigenvalue weighted by atomic mass is 10.1. The maximum Gasteiger partial charge on any atom is 0.346 e. The van der Waals surface area contributed by atoms with E-state index in [4.69, 9.17) is 0 Å². The highest BCUT2D eigenvalue weighted by Crippen LogP contribution is 2.27. The minimum Gasteiger partial charge on any atom is -0.274 e. The van der Waals surface area contributed by atoms with E-state index in [0.29, 0.717) is 18.8 Å². The van der Waals surface area contributed by atoms with Gasteiger partial charge in [-0.1, -0.05) is 24.3 Å². The number of fused-ring (bicyclic) bond motifs is 1. The molecule has 112 valence electrons. The van der Waals surface area contributed by atoms with Crippen LogP contribution >= 0.6 is 0 Å². The van der Waals surface area contributed by atoms with Gasteiger partial charge in [0.1, 0.15) is 0 Å². The minimum absolute atomic E-state index is 0.301. The van der Waals surface area contributed by atoms with Crippen molar-refractivity contribution in [2.24, 2.45) is 0 Å². The van der Waals surface area contributed by atoms with Gasteiger partial charge in [-0.3, -0.25) is 14.8 Å². The van der Waals surface area contributed by atoms with Crippen molar-refractivity contribution >= 4 is 17.6 Å². The van der Waals surface area contributed by atoms with Gasteiger partial charge in [-0.05, 0) is 23.3 Å². The minimum atomic E-state index is -0.366. The molecule has 0 saturated heterocycles. The summed E-state index contributed by atoms with van der Waals surface area (Å²) in [5, 5.41) is 1.46. The smallest absolute Gasteiger partial charge is 0.274 e. The average molecular weight is 296 g/mol. The van der Waals surface area contributed by atoms with Crippen molar-refractivity contribution in [1.29, 1.82) is 0 Å². The highest BCUT2D eigenvalue weighted by atomic mass is 16.2. The van der Waals surface area contributed by atoms with Gasteiger partial charge in [-0.2, -0.15) is 0 Å². The lowest BCUT2D eigenvalue weighted by molar-refractivity contribution is -0.116. The van der Waals surface area contributed by atoms with Gasteiger partial charge in [0.25, 0.3) is 0 Å². The Bertz CT molecular complexity index is 702. The van der Waals surface area contributed by atoms with Crippen molar-refractivity contribution in [3.05, 3.63) is 59.9 Å². The quantitative estimate of drug-likeness (QED) is 0.941. The summed E-state index contributed by atoms with van der Waals surface area (Å²) in [6, 6.07) is 10.8. The average Bonchev–Trinajstić information content (AvgIpc) is 2.53. The van der Waals surface area contributed by atoms with Gasteiger partial charge >= 0.3 is 6.03 Å². The van der Waals surface area contributed by atoms with Crippen molar-refractivity contribution in [3.63, 3.8) is 0 Å². The molecule has 2 heterocycles. The number of aromatic nitrogens is 1. The summed E-state index contributed by atoms with van der Waals surface area (Å²) in [6.45, 7) is 2.27. The molecule has 1 aliphatic heterocycles. The SMILES string of the molecule is CC(=O)N1C(=O)N(NCc2cccnc2)Cc2ccccc21. The first-order chi connectivity index (χ1) is 10.7. The first kappa shape index (κ1) is 14.2. The molecule has 6 heteroatoms. The maximum absolute atomic E-state index is 12.5. The Labute approximate surface area is 128 Å². The zero-order chi connectivity index (χ0) is 15.5. The molecular weight excluding hydrogens is 280 g/mol. The van der Waals surface area contributed by atoms with Crippen LogP contribution in [0.5, 0.6) is 0 Å². The van der Waals surface area contributed by atoms with Gasteiger partial charge in [0, 0.05) is 25.9 Å². The first-order valence-electron chi connectivity index (χ1n) is 6.99. The molecule has 1 aromatic carbocycles. The van der Waals surface area contributed by atoms with E-state index in [1.54, 1.807) is 18.5 Å². The third-order valence-corrected chi connectivity index (χ3v) is 3.49. The molecule has 2 aromatic rings. The molecule has 1 N–H and O–H groups in total. The molecule has 0 spiro atoms. The van der Waals surface area contributed by atoms with E-state index in [9.17, 15) is 9.59 Å². The van der Waals surface area contributed by atoms with Crippen LogP contribution in [0.3, 0.4) is 0 Å². The van der Waals surface area contributed by atoms with E-state index in [-0.39, 0.29) is 11.9 Å². The fourth-order valence-corrected chi connectivity index (χ4v) is 2.44. The Morgan fingerprint density at radius 3 is 2.82 bits per heavy atom. The van der Waals surface area contributed by atoms with Crippen molar-refractivity contribution in [2.45, 2.75) is 20.0 Å². The Morgan fingerprint density at radius 1 is 1.27 bits per heavy atom. The second-order valence-corrected chi connectivity index (χ2v) is 5.05. The zero-order valence-corrected chi connectivity index (χ0v) is 12.2. The second kappa shape index (κ2) is 5.95. The van der Waals surface area contributed by atoms with Crippen molar-refractivity contribution < 1.29 is 9.59 Å². The Hall–Kier alpha value is -2.73. The van der Waals surface area contributed by atoms with Gasteiger partial charge in [-0.15, -0.1) is 0 Å². The standard InChI is InChI=1S/C16H16N4O2/c1-12(21)20-15-7-3-2-6-14(15)11-19(16(20)22)18-10-13-5-4-8-17-9-13/h2-9,18H,10-11H2,1H3. The molecule has 0 radical (unpaired) electrons. The van der Waals surface area contributed by atoms with Gasteiger partial charge < -0.3 is 0 Å². The number of imide groups is 1. The van der Waals surface area contributed by atoms with Gasteiger partial charge in [0.2, 0.25) is 5.91 Å². The third kappa shape index (κ3) is 2.68. The van der Waals surface area contributed by atoms with Crippen LogP contribution in [0.4, 0.5) is 10.5 Å². The van der Waals surface area contributed by atoms with Crippen LogP contribution in [-0.4, -0.2) is 21.9 Å². The van der Waals surface area contributed by atoms with Crippen LogP contribution in [0.2, 0.25) is 0 Å². The molecule has 1 aromatic heterocycles. The van der Waals surface area contributed by atoms with E-state index in [1.165, 1.54) is 16.8 Å². The van der Waals surface area contributed by atoms with E-state index >= 15 is 0 Å². The number of amides is 3. The molecule has 22 heavy (non-hydrogen) atoms. The van der Waals surface area contributed by atoms with Crippen molar-refractivity contribution in [1.82, 2.24) is 15.4 Å². The summed E-state index contributed by atoms with van der Waals surface area (Å²) in [5.41, 5.74) is 5.60. The summed E-state index contributed by atoms with van der Waals surface area (Å²) in [5.74, 6) is -0.301. The maximum atomic E-state index is 12.5. The second-order valence-electron chi connectivity index (χ2n) is 5.05. The fraction of sp³-hybridized carbons (Fsp3) is 0.188. The van der Waals surface area contributed by atoms with E-state index in [0.717, 1.165) is 11.1 Å². The molecule has 1 aliphatic rings. The monoisotopic (exact) mass is 296 g/mol. The summed E-state index contributed by atoms with van der Waals surface area (Å²) >= 11 is 0. The summed E-state index contributed by atoms with van der Waals surface area (Å²) < 4.78 is 0. The van der Waals surface area contributed by atoms with Gasteiger partial charge in [0.15, 0.2) is 0 Å². The largest absolute Gasteiger partial charge is 0.346 e. The highest BCUT2D eigenvalue weighted by Gasteiger charge is 2.32. The highest BCUT2D eigenvalue weighted by molar-refractivity contribution is 6.14. The van der Waals surface area contributed by atoms with Crippen molar-refractivity contribution in [2.75, 3.05) is 4.90 Å².